The minimum Gasteiger partial charge on any atom is -0.493 e. The minimum atomic E-state index is -0.338. The molecule has 5 nitrogen and oxygen atoms in total. The lowest BCUT2D eigenvalue weighted by Crippen LogP contribution is -2.21. The predicted octanol–water partition coefficient (Wildman–Crippen LogP) is 5.50. The summed E-state index contributed by atoms with van der Waals surface area (Å²) in [4.78, 5) is 17.3. The summed E-state index contributed by atoms with van der Waals surface area (Å²) in [7, 11) is 0. The van der Waals surface area contributed by atoms with Crippen LogP contribution in [0.3, 0.4) is 0 Å². The second-order valence-corrected chi connectivity index (χ2v) is 8.38. The van der Waals surface area contributed by atoms with Crippen LogP contribution in [0.2, 0.25) is 5.02 Å². The number of aromatic nitrogens is 1. The molecular weight excluding hydrogens is 436 g/mol. The number of nitrogens with one attached hydrogen (secondary N) is 1. The smallest absolute Gasteiger partial charge is 0.258 e. The zero-order valence-corrected chi connectivity index (χ0v) is 19.2. The van der Waals surface area contributed by atoms with E-state index < -0.39 is 0 Å². The summed E-state index contributed by atoms with van der Waals surface area (Å²) >= 11 is 6.30. The summed E-state index contributed by atoms with van der Waals surface area (Å²) in [6.07, 6.45) is 3.61. The summed E-state index contributed by atoms with van der Waals surface area (Å²) < 4.78 is 11.3. The van der Waals surface area contributed by atoms with Crippen molar-refractivity contribution in [2.75, 3.05) is 25.1 Å². The third-order valence-electron chi connectivity index (χ3n) is 5.44. The molecule has 0 radical (unpaired) electrons. The van der Waals surface area contributed by atoms with Gasteiger partial charge in [-0.25, -0.2) is 4.98 Å². The molecule has 4 rings (SSSR count). The van der Waals surface area contributed by atoms with Gasteiger partial charge in [0.25, 0.3) is 5.91 Å². The van der Waals surface area contributed by atoms with Gasteiger partial charge in [0.05, 0.1) is 17.2 Å². The molecule has 1 amide bonds. The van der Waals surface area contributed by atoms with Crippen LogP contribution in [-0.2, 0) is 4.74 Å². The molecule has 1 aliphatic rings. The largest absolute Gasteiger partial charge is 0.493 e. The molecule has 168 valence electrons. The van der Waals surface area contributed by atoms with E-state index in [-0.39, 0.29) is 5.91 Å². The fraction of sp³-hybridized carbons (Fsp3) is 0.259. The lowest BCUT2D eigenvalue weighted by molar-refractivity contribution is 0.0497. The summed E-state index contributed by atoms with van der Waals surface area (Å²) in [6.45, 7) is 4.01. The number of nitrogens with zero attached hydrogens (tertiary/aromatic N) is 1. The topological polar surface area (TPSA) is 60.5 Å². The highest BCUT2D eigenvalue weighted by Crippen LogP contribution is 2.25. The van der Waals surface area contributed by atoms with Crippen LogP contribution in [0.1, 0.15) is 39.9 Å². The first-order chi connectivity index (χ1) is 16.1. The van der Waals surface area contributed by atoms with Crippen molar-refractivity contribution >= 4 is 23.3 Å². The summed E-state index contributed by atoms with van der Waals surface area (Å²) in [5.74, 6) is 7.42. The van der Waals surface area contributed by atoms with Gasteiger partial charge >= 0.3 is 0 Å². The number of anilines is 1. The number of rotatable bonds is 5. The first kappa shape index (κ1) is 22.8. The lowest BCUT2D eigenvalue weighted by atomic mass is 10.0. The summed E-state index contributed by atoms with van der Waals surface area (Å²) in [6, 6.07) is 16.8. The Kier molecular flexibility index (Phi) is 7.62. The number of carbonyl (C=O) groups is 1. The Balaban J connectivity index is 1.42. The van der Waals surface area contributed by atoms with E-state index >= 15 is 0 Å². The van der Waals surface area contributed by atoms with E-state index in [9.17, 15) is 4.79 Å². The van der Waals surface area contributed by atoms with E-state index in [1.165, 1.54) is 0 Å². The van der Waals surface area contributed by atoms with Gasteiger partial charge in [0, 0.05) is 30.5 Å². The van der Waals surface area contributed by atoms with Crippen molar-refractivity contribution in [1.82, 2.24) is 4.98 Å². The van der Waals surface area contributed by atoms with Crippen LogP contribution in [-0.4, -0.2) is 30.7 Å². The Morgan fingerprint density at radius 3 is 2.64 bits per heavy atom. The Morgan fingerprint density at radius 2 is 1.88 bits per heavy atom. The second kappa shape index (κ2) is 11.0. The van der Waals surface area contributed by atoms with Gasteiger partial charge in [0.15, 0.2) is 0 Å². The molecule has 2 aromatic carbocycles. The second-order valence-electron chi connectivity index (χ2n) is 7.97. The first-order valence-electron chi connectivity index (χ1n) is 10.9. The average Bonchev–Trinajstić information content (AvgIpc) is 2.85. The SMILES string of the molecule is Cc1cc(C#Cc2ccccc2)cnc1NC(=O)c1cc(OCC2CCOCC2)ccc1Cl. The van der Waals surface area contributed by atoms with Gasteiger partial charge in [0.2, 0.25) is 0 Å². The van der Waals surface area contributed by atoms with Crippen LogP contribution in [0, 0.1) is 24.7 Å². The summed E-state index contributed by atoms with van der Waals surface area (Å²) in [5.41, 5.74) is 2.86. The first-order valence-corrected chi connectivity index (χ1v) is 11.3. The van der Waals surface area contributed by atoms with Crippen molar-refractivity contribution in [3.05, 3.63) is 88.1 Å². The van der Waals surface area contributed by atoms with Crippen LogP contribution in [0.25, 0.3) is 0 Å². The standard InChI is InChI=1S/C27H25ClN2O3/c1-19-15-22(8-7-20-5-3-2-4-6-20)17-29-26(19)30-27(31)24-16-23(9-10-25(24)28)33-18-21-11-13-32-14-12-21/h2-6,9-10,15-17,21H,11-14,18H2,1H3,(H,29,30,31). The van der Waals surface area contributed by atoms with Crippen molar-refractivity contribution < 1.29 is 14.3 Å². The normalized spacial score (nSPS) is 13.6. The molecule has 1 fully saturated rings. The number of pyridine rings is 1. The van der Waals surface area contributed by atoms with Gasteiger partial charge < -0.3 is 14.8 Å². The fourth-order valence-electron chi connectivity index (χ4n) is 3.51. The molecule has 6 heteroatoms. The van der Waals surface area contributed by atoms with E-state index in [0.717, 1.165) is 42.7 Å². The van der Waals surface area contributed by atoms with Crippen molar-refractivity contribution in [2.45, 2.75) is 19.8 Å². The molecule has 0 unspecified atom stereocenters. The molecule has 0 saturated carbocycles. The Labute approximate surface area is 199 Å². The monoisotopic (exact) mass is 460 g/mol. The third kappa shape index (κ3) is 6.35. The van der Waals surface area contributed by atoms with Gasteiger partial charge in [-0.05, 0) is 67.6 Å². The Hall–Kier alpha value is -3.33. The van der Waals surface area contributed by atoms with E-state index in [4.69, 9.17) is 21.1 Å². The Bertz CT molecular complexity index is 1180. The number of amides is 1. The zero-order valence-electron chi connectivity index (χ0n) is 18.4. The van der Waals surface area contributed by atoms with Crippen LogP contribution in [0.4, 0.5) is 5.82 Å². The molecule has 0 bridgehead atoms. The van der Waals surface area contributed by atoms with Crippen LogP contribution >= 0.6 is 11.6 Å². The lowest BCUT2D eigenvalue weighted by Gasteiger charge is -2.22. The van der Waals surface area contributed by atoms with Gasteiger partial charge in [-0.2, -0.15) is 0 Å². The predicted molar refractivity (Wildman–Crippen MR) is 130 cm³/mol. The highest BCUT2D eigenvalue weighted by molar-refractivity contribution is 6.34. The molecule has 33 heavy (non-hydrogen) atoms. The van der Waals surface area contributed by atoms with Crippen LogP contribution in [0.15, 0.2) is 60.8 Å². The molecule has 1 aliphatic heterocycles. The quantitative estimate of drug-likeness (QED) is 0.510. The van der Waals surface area contributed by atoms with Crippen molar-refractivity contribution in [3.63, 3.8) is 0 Å². The van der Waals surface area contributed by atoms with Crippen molar-refractivity contribution in [1.29, 1.82) is 0 Å². The highest BCUT2D eigenvalue weighted by Gasteiger charge is 2.17. The molecule has 1 saturated heterocycles. The van der Waals surface area contributed by atoms with Gasteiger partial charge in [-0.15, -0.1) is 0 Å². The van der Waals surface area contributed by atoms with E-state index in [1.54, 1.807) is 24.4 Å². The van der Waals surface area contributed by atoms with Crippen molar-refractivity contribution in [2.24, 2.45) is 5.92 Å². The van der Waals surface area contributed by atoms with Crippen molar-refractivity contribution in [3.8, 4) is 17.6 Å². The molecule has 1 N–H and O–H groups in total. The van der Waals surface area contributed by atoms with Gasteiger partial charge in [-0.3, -0.25) is 4.79 Å². The molecule has 0 spiro atoms. The zero-order chi connectivity index (χ0) is 23.0. The van der Waals surface area contributed by atoms with Gasteiger partial charge in [-0.1, -0.05) is 41.6 Å². The van der Waals surface area contributed by atoms with E-state index in [2.05, 4.69) is 22.1 Å². The van der Waals surface area contributed by atoms with E-state index in [0.29, 0.717) is 34.7 Å². The number of hydrogen-bond donors (Lipinski definition) is 1. The minimum absolute atomic E-state index is 0.338. The molecule has 0 aliphatic carbocycles. The van der Waals surface area contributed by atoms with Crippen LogP contribution in [0.5, 0.6) is 5.75 Å². The number of hydrogen-bond acceptors (Lipinski definition) is 4. The molecule has 2 heterocycles. The average molecular weight is 461 g/mol. The van der Waals surface area contributed by atoms with Gasteiger partial charge in [0.1, 0.15) is 11.6 Å². The Morgan fingerprint density at radius 1 is 1.12 bits per heavy atom. The number of halogens is 1. The third-order valence-corrected chi connectivity index (χ3v) is 5.77. The van der Waals surface area contributed by atoms with E-state index in [1.807, 2.05) is 43.3 Å². The number of ether oxygens (including phenoxy) is 2. The molecule has 0 atom stereocenters. The number of carbonyl (C=O) groups excluding carboxylic acids is 1. The fourth-order valence-corrected chi connectivity index (χ4v) is 3.71. The van der Waals surface area contributed by atoms with Crippen LogP contribution < -0.4 is 10.1 Å². The maximum absolute atomic E-state index is 12.9. The maximum atomic E-state index is 12.9. The summed E-state index contributed by atoms with van der Waals surface area (Å²) in [5, 5.41) is 3.20. The molecule has 3 aromatic rings. The highest BCUT2D eigenvalue weighted by atomic mass is 35.5. The number of aryl methyl sites for hydroxylation is 1. The number of benzene rings is 2. The maximum Gasteiger partial charge on any atom is 0.258 e. The molecule has 1 aromatic heterocycles. The molecular formula is C27H25ClN2O3.